The Morgan fingerprint density at radius 2 is 1.56 bits per heavy atom. The Kier molecular flexibility index (Phi) is 4.44. The fourth-order valence-electron chi connectivity index (χ4n) is 2.88. The van der Waals surface area contributed by atoms with Crippen LogP contribution >= 0.6 is 11.6 Å². The molecule has 3 aromatic carbocycles. The summed E-state index contributed by atoms with van der Waals surface area (Å²) >= 11 is 6.00. The zero-order chi connectivity index (χ0) is 18.8. The number of anilines is 2. The van der Waals surface area contributed by atoms with Crippen LogP contribution in [0.5, 0.6) is 0 Å². The van der Waals surface area contributed by atoms with Gasteiger partial charge in [-0.2, -0.15) is 0 Å². The van der Waals surface area contributed by atoms with E-state index in [1.54, 1.807) is 30.3 Å². The maximum atomic E-state index is 13.0. The monoisotopic (exact) mass is 376 g/mol. The Balaban J connectivity index is 1.69. The number of halogens is 1. The number of benzene rings is 3. The van der Waals surface area contributed by atoms with E-state index in [2.05, 4.69) is 5.16 Å². The summed E-state index contributed by atoms with van der Waals surface area (Å²) in [7, 11) is 0. The van der Waals surface area contributed by atoms with Gasteiger partial charge in [0.25, 0.3) is 5.91 Å². The number of oxime groups is 1. The van der Waals surface area contributed by atoms with E-state index in [1.165, 1.54) is 11.0 Å². The Labute approximate surface area is 160 Å². The van der Waals surface area contributed by atoms with Crippen LogP contribution in [0.3, 0.4) is 0 Å². The van der Waals surface area contributed by atoms with E-state index in [-0.39, 0.29) is 22.2 Å². The third kappa shape index (κ3) is 3.09. The molecule has 0 aliphatic carbocycles. The first-order chi connectivity index (χ1) is 13.2. The van der Waals surface area contributed by atoms with Crippen LogP contribution in [0.25, 0.3) is 0 Å². The molecule has 0 saturated carbocycles. The molecule has 0 saturated heterocycles. The molecule has 0 fully saturated rings. The van der Waals surface area contributed by atoms with Gasteiger partial charge in [-0.1, -0.05) is 65.3 Å². The molecule has 0 unspecified atom stereocenters. The summed E-state index contributed by atoms with van der Waals surface area (Å²) in [5.41, 5.74) is 2.23. The molecule has 0 atom stereocenters. The topological polar surface area (TPSA) is 59.0 Å². The summed E-state index contributed by atoms with van der Waals surface area (Å²) in [6, 6.07) is 22.9. The van der Waals surface area contributed by atoms with Crippen molar-refractivity contribution in [2.24, 2.45) is 5.16 Å². The van der Waals surface area contributed by atoms with E-state index in [1.807, 2.05) is 42.5 Å². The second-order valence-electron chi connectivity index (χ2n) is 5.79. The van der Waals surface area contributed by atoms with E-state index in [4.69, 9.17) is 16.4 Å². The van der Waals surface area contributed by atoms with Crippen LogP contribution in [-0.4, -0.2) is 17.6 Å². The van der Waals surface area contributed by atoms with Gasteiger partial charge >= 0.3 is 5.97 Å². The van der Waals surface area contributed by atoms with Crippen molar-refractivity contribution in [2.45, 2.75) is 0 Å². The number of carbonyl (C=O) groups excluding carboxylic acids is 2. The first kappa shape index (κ1) is 17.0. The first-order valence-corrected chi connectivity index (χ1v) is 8.57. The van der Waals surface area contributed by atoms with Gasteiger partial charge in [0.2, 0.25) is 0 Å². The minimum Gasteiger partial charge on any atom is -0.312 e. The van der Waals surface area contributed by atoms with Crippen LogP contribution in [0, 0.1) is 0 Å². The van der Waals surface area contributed by atoms with Gasteiger partial charge in [0.1, 0.15) is 0 Å². The second kappa shape index (κ2) is 7.05. The molecule has 1 aliphatic heterocycles. The molecule has 1 aliphatic rings. The lowest BCUT2D eigenvalue weighted by Gasteiger charge is -2.16. The Hall–Kier alpha value is -3.44. The van der Waals surface area contributed by atoms with Gasteiger partial charge in [-0.25, -0.2) is 4.79 Å². The number of para-hydroxylation sites is 2. The van der Waals surface area contributed by atoms with E-state index in [9.17, 15) is 9.59 Å². The standard InChI is InChI=1S/C21H13ClN2O3/c22-17-12-6-4-10-15(17)21(26)27-23-19-16-11-5-7-13-18(16)24(20(19)25)14-8-2-1-3-9-14/h1-13H. The number of rotatable bonds is 3. The van der Waals surface area contributed by atoms with Crippen molar-refractivity contribution in [3.8, 4) is 0 Å². The predicted molar refractivity (Wildman–Crippen MR) is 103 cm³/mol. The fraction of sp³-hybridized carbons (Fsp3) is 0. The van der Waals surface area contributed by atoms with Gasteiger partial charge < -0.3 is 4.84 Å². The number of hydrogen-bond donors (Lipinski definition) is 0. The lowest BCUT2D eigenvalue weighted by molar-refractivity contribution is -0.111. The molecule has 0 bridgehead atoms. The third-order valence-electron chi connectivity index (χ3n) is 4.13. The average Bonchev–Trinajstić information content (AvgIpc) is 2.98. The van der Waals surface area contributed by atoms with Crippen LogP contribution in [0.1, 0.15) is 15.9 Å². The number of carbonyl (C=O) groups is 2. The molecule has 132 valence electrons. The number of fused-ring (bicyclic) bond motifs is 1. The van der Waals surface area contributed by atoms with Gasteiger partial charge in [-0.15, -0.1) is 0 Å². The molecule has 1 amide bonds. The van der Waals surface area contributed by atoms with Crippen molar-refractivity contribution < 1.29 is 14.4 Å². The highest BCUT2D eigenvalue weighted by molar-refractivity contribution is 6.55. The van der Waals surface area contributed by atoms with Crippen molar-refractivity contribution in [3.63, 3.8) is 0 Å². The quantitative estimate of drug-likeness (QED) is 0.496. The fourth-order valence-corrected chi connectivity index (χ4v) is 3.10. The number of nitrogens with zero attached hydrogens (tertiary/aromatic N) is 2. The minimum atomic E-state index is -0.725. The van der Waals surface area contributed by atoms with E-state index in [0.29, 0.717) is 16.9 Å². The summed E-state index contributed by atoms with van der Waals surface area (Å²) in [6.07, 6.45) is 0. The van der Waals surface area contributed by atoms with Crippen LogP contribution in [0.4, 0.5) is 11.4 Å². The Morgan fingerprint density at radius 3 is 2.33 bits per heavy atom. The first-order valence-electron chi connectivity index (χ1n) is 8.19. The van der Waals surface area contributed by atoms with Crippen molar-refractivity contribution in [3.05, 3.63) is 95.0 Å². The van der Waals surface area contributed by atoms with Crippen LogP contribution in [0.2, 0.25) is 5.02 Å². The smallest absolute Gasteiger partial charge is 0.312 e. The normalized spacial score (nSPS) is 14.3. The SMILES string of the molecule is O=C(ON=C1C(=O)N(c2ccccc2)c2ccccc21)c1ccccc1Cl. The van der Waals surface area contributed by atoms with Gasteiger partial charge in [0.05, 0.1) is 16.3 Å². The van der Waals surface area contributed by atoms with Crippen molar-refractivity contribution in [1.29, 1.82) is 0 Å². The van der Waals surface area contributed by atoms with Gasteiger partial charge in [0.15, 0.2) is 5.71 Å². The molecule has 5 nitrogen and oxygen atoms in total. The zero-order valence-corrected chi connectivity index (χ0v) is 14.8. The lowest BCUT2D eigenvalue weighted by atomic mass is 10.1. The van der Waals surface area contributed by atoms with Gasteiger partial charge in [-0.3, -0.25) is 9.69 Å². The number of hydrogen-bond acceptors (Lipinski definition) is 4. The van der Waals surface area contributed by atoms with E-state index < -0.39 is 5.97 Å². The Bertz CT molecular complexity index is 1060. The largest absolute Gasteiger partial charge is 0.367 e. The summed E-state index contributed by atoms with van der Waals surface area (Å²) < 4.78 is 0. The minimum absolute atomic E-state index is 0.0647. The molecule has 6 heteroatoms. The molecule has 0 N–H and O–H groups in total. The van der Waals surface area contributed by atoms with Gasteiger partial charge in [0, 0.05) is 11.3 Å². The van der Waals surface area contributed by atoms with Gasteiger partial charge in [-0.05, 0) is 30.3 Å². The van der Waals surface area contributed by atoms with E-state index in [0.717, 1.165) is 0 Å². The summed E-state index contributed by atoms with van der Waals surface area (Å²) in [5, 5.41) is 4.11. The molecule has 0 radical (unpaired) electrons. The van der Waals surface area contributed by atoms with E-state index >= 15 is 0 Å². The zero-order valence-electron chi connectivity index (χ0n) is 14.0. The summed E-state index contributed by atoms with van der Waals surface area (Å²) in [4.78, 5) is 31.8. The van der Waals surface area contributed by atoms with Crippen LogP contribution < -0.4 is 4.90 Å². The Morgan fingerprint density at radius 1 is 0.889 bits per heavy atom. The maximum absolute atomic E-state index is 13.0. The molecular weight excluding hydrogens is 364 g/mol. The number of amides is 1. The lowest BCUT2D eigenvalue weighted by Crippen LogP contribution is -2.25. The highest BCUT2D eigenvalue weighted by Crippen LogP contribution is 2.35. The molecule has 3 aromatic rings. The van der Waals surface area contributed by atoms with Crippen LogP contribution in [0.15, 0.2) is 84.0 Å². The van der Waals surface area contributed by atoms with Crippen LogP contribution in [-0.2, 0) is 9.63 Å². The molecular formula is C21H13ClN2O3. The average molecular weight is 377 g/mol. The summed E-state index contributed by atoms with van der Waals surface area (Å²) in [5.74, 6) is -1.09. The summed E-state index contributed by atoms with van der Waals surface area (Å²) in [6.45, 7) is 0. The second-order valence-corrected chi connectivity index (χ2v) is 6.20. The van der Waals surface area contributed by atoms with Crippen molar-refractivity contribution in [2.75, 3.05) is 4.90 Å². The third-order valence-corrected chi connectivity index (χ3v) is 4.46. The molecule has 27 heavy (non-hydrogen) atoms. The predicted octanol–water partition coefficient (Wildman–Crippen LogP) is 4.58. The highest BCUT2D eigenvalue weighted by atomic mass is 35.5. The highest BCUT2D eigenvalue weighted by Gasteiger charge is 2.35. The molecule has 0 aromatic heterocycles. The molecule has 0 spiro atoms. The molecule has 4 rings (SSSR count). The maximum Gasteiger partial charge on any atom is 0.367 e. The van der Waals surface area contributed by atoms with Crippen molar-refractivity contribution >= 4 is 40.6 Å². The van der Waals surface area contributed by atoms with Crippen molar-refractivity contribution in [1.82, 2.24) is 0 Å². The molecule has 1 heterocycles.